The lowest BCUT2D eigenvalue weighted by Crippen LogP contribution is -2.60. The predicted octanol–water partition coefficient (Wildman–Crippen LogP) is 1.83. The van der Waals surface area contributed by atoms with Crippen LogP contribution in [0.3, 0.4) is 0 Å². The minimum absolute atomic E-state index is 0. The largest absolute Gasteiger partial charge is 0.379 e. The number of hydrogen-bond donors (Lipinski definition) is 2. The molecule has 3 aliphatic rings. The number of carbonyl (C=O) groups is 1. The first-order chi connectivity index (χ1) is 14.6. The standard InChI is InChI=1S/C22H41N5O3.HI/c1-26(2)20(28)17-24-21(23-16-19-8-4-7-13-30-19)25-18-22(9-5-3-6-10-22)27-11-14-29-15-12-27;/h19H,3-18H2,1-2H3,(H2,23,24,25);1H. The smallest absolute Gasteiger partial charge is 0.243 e. The fourth-order valence-electron chi connectivity index (χ4n) is 4.74. The lowest BCUT2D eigenvalue weighted by Gasteiger charge is -2.48. The molecule has 2 heterocycles. The van der Waals surface area contributed by atoms with Crippen LogP contribution < -0.4 is 10.6 Å². The number of halogens is 1. The Morgan fingerprint density at radius 3 is 2.45 bits per heavy atom. The quantitative estimate of drug-likeness (QED) is 0.286. The van der Waals surface area contributed by atoms with Gasteiger partial charge in [0.05, 0.1) is 19.3 Å². The summed E-state index contributed by atoms with van der Waals surface area (Å²) in [6.07, 6.45) is 9.93. The fraction of sp³-hybridized carbons (Fsp3) is 0.909. The molecule has 2 aliphatic heterocycles. The van der Waals surface area contributed by atoms with Crippen LogP contribution in [0.5, 0.6) is 0 Å². The highest BCUT2D eigenvalue weighted by Crippen LogP contribution is 2.33. The van der Waals surface area contributed by atoms with Gasteiger partial charge in [0.2, 0.25) is 5.91 Å². The summed E-state index contributed by atoms with van der Waals surface area (Å²) >= 11 is 0. The third kappa shape index (κ3) is 8.33. The molecular formula is C22H42IN5O3. The molecule has 2 saturated heterocycles. The Hall–Kier alpha value is -0.650. The second-order valence-corrected chi connectivity index (χ2v) is 9.06. The number of nitrogens with zero attached hydrogens (tertiary/aromatic N) is 3. The molecule has 1 saturated carbocycles. The lowest BCUT2D eigenvalue weighted by atomic mass is 9.80. The molecule has 9 heteroatoms. The van der Waals surface area contributed by atoms with E-state index in [0.717, 1.165) is 64.8 Å². The number of morpholine rings is 1. The van der Waals surface area contributed by atoms with E-state index in [1.807, 2.05) is 0 Å². The predicted molar refractivity (Wildman–Crippen MR) is 134 cm³/mol. The normalized spacial score (nSPS) is 24.7. The molecule has 2 N–H and O–H groups in total. The molecule has 1 atom stereocenters. The maximum absolute atomic E-state index is 12.1. The second-order valence-electron chi connectivity index (χ2n) is 9.06. The van der Waals surface area contributed by atoms with Crippen molar-refractivity contribution in [2.24, 2.45) is 4.99 Å². The Kier molecular flexibility index (Phi) is 11.8. The maximum Gasteiger partial charge on any atom is 0.243 e. The van der Waals surface area contributed by atoms with Gasteiger partial charge in [-0.05, 0) is 32.1 Å². The first-order valence-electron chi connectivity index (χ1n) is 11.8. The van der Waals surface area contributed by atoms with Gasteiger partial charge in [-0.3, -0.25) is 9.69 Å². The Morgan fingerprint density at radius 1 is 1.06 bits per heavy atom. The Bertz CT molecular complexity index is 557. The topological polar surface area (TPSA) is 78.4 Å². The van der Waals surface area contributed by atoms with Gasteiger partial charge in [0.1, 0.15) is 6.54 Å². The Balaban J connectivity index is 0.00000341. The molecule has 31 heavy (non-hydrogen) atoms. The van der Waals surface area contributed by atoms with E-state index in [4.69, 9.17) is 9.47 Å². The summed E-state index contributed by atoms with van der Waals surface area (Å²) in [6.45, 7) is 6.19. The zero-order valence-electron chi connectivity index (χ0n) is 19.4. The number of likely N-dealkylation sites (N-methyl/N-ethyl adjacent to an activating group) is 1. The van der Waals surface area contributed by atoms with E-state index in [1.54, 1.807) is 19.0 Å². The number of carbonyl (C=O) groups excluding carboxylic acids is 1. The molecule has 3 fully saturated rings. The van der Waals surface area contributed by atoms with Crippen molar-refractivity contribution < 1.29 is 14.3 Å². The molecule has 1 aliphatic carbocycles. The molecule has 8 nitrogen and oxygen atoms in total. The summed E-state index contributed by atoms with van der Waals surface area (Å²) in [5.74, 6) is 0.725. The molecule has 0 spiro atoms. The third-order valence-corrected chi connectivity index (χ3v) is 6.69. The van der Waals surface area contributed by atoms with Gasteiger partial charge >= 0.3 is 0 Å². The minimum Gasteiger partial charge on any atom is -0.379 e. The first kappa shape index (κ1) is 26.6. The van der Waals surface area contributed by atoms with Gasteiger partial charge in [0.15, 0.2) is 5.96 Å². The maximum atomic E-state index is 12.1. The van der Waals surface area contributed by atoms with Gasteiger partial charge < -0.3 is 25.0 Å². The van der Waals surface area contributed by atoms with Crippen LogP contribution >= 0.6 is 24.0 Å². The van der Waals surface area contributed by atoms with E-state index in [-0.39, 0.29) is 48.1 Å². The second kappa shape index (κ2) is 13.8. The first-order valence-corrected chi connectivity index (χ1v) is 11.8. The summed E-state index contributed by atoms with van der Waals surface area (Å²) < 4.78 is 11.5. The van der Waals surface area contributed by atoms with Crippen LogP contribution in [0.2, 0.25) is 0 Å². The molecule has 1 unspecified atom stereocenters. The average molecular weight is 552 g/mol. The van der Waals surface area contributed by atoms with Crippen LogP contribution in [0.4, 0.5) is 0 Å². The Labute approximate surface area is 204 Å². The zero-order chi connectivity index (χ0) is 21.2. The average Bonchev–Trinajstić information content (AvgIpc) is 2.80. The van der Waals surface area contributed by atoms with Crippen molar-refractivity contribution in [1.29, 1.82) is 0 Å². The summed E-state index contributed by atoms with van der Waals surface area (Å²) in [6, 6.07) is 0. The van der Waals surface area contributed by atoms with Crippen LogP contribution in [-0.4, -0.2) is 99.9 Å². The molecule has 180 valence electrons. The Morgan fingerprint density at radius 2 is 1.81 bits per heavy atom. The van der Waals surface area contributed by atoms with Gasteiger partial charge in [0.25, 0.3) is 0 Å². The van der Waals surface area contributed by atoms with Gasteiger partial charge in [-0.25, -0.2) is 4.99 Å². The minimum atomic E-state index is 0. The molecule has 0 bridgehead atoms. The molecule has 0 aromatic carbocycles. The molecular weight excluding hydrogens is 509 g/mol. The third-order valence-electron chi connectivity index (χ3n) is 6.69. The van der Waals surface area contributed by atoms with Gasteiger partial charge in [-0.2, -0.15) is 0 Å². The monoisotopic (exact) mass is 551 g/mol. The van der Waals surface area contributed by atoms with Crippen molar-refractivity contribution in [2.75, 3.05) is 66.6 Å². The fourth-order valence-corrected chi connectivity index (χ4v) is 4.74. The van der Waals surface area contributed by atoms with Crippen LogP contribution in [0.15, 0.2) is 4.99 Å². The van der Waals surface area contributed by atoms with Crippen molar-refractivity contribution in [3.63, 3.8) is 0 Å². The van der Waals surface area contributed by atoms with Crippen molar-refractivity contribution in [3.05, 3.63) is 0 Å². The molecule has 0 radical (unpaired) electrons. The van der Waals surface area contributed by atoms with Crippen LogP contribution in [0.1, 0.15) is 51.4 Å². The number of hydrogen-bond acceptors (Lipinski definition) is 5. The molecule has 1 amide bonds. The zero-order valence-corrected chi connectivity index (χ0v) is 21.7. The van der Waals surface area contributed by atoms with E-state index >= 15 is 0 Å². The highest BCUT2D eigenvalue weighted by atomic mass is 127. The van der Waals surface area contributed by atoms with Crippen LogP contribution in [0.25, 0.3) is 0 Å². The van der Waals surface area contributed by atoms with Gasteiger partial charge in [-0.1, -0.05) is 19.3 Å². The van der Waals surface area contributed by atoms with Gasteiger partial charge in [0, 0.05) is 52.4 Å². The molecule has 0 aromatic rings. The van der Waals surface area contributed by atoms with Crippen molar-refractivity contribution in [1.82, 2.24) is 20.4 Å². The highest BCUT2D eigenvalue weighted by Gasteiger charge is 2.38. The van der Waals surface area contributed by atoms with E-state index < -0.39 is 0 Å². The summed E-state index contributed by atoms with van der Waals surface area (Å²) in [7, 11) is 3.54. The van der Waals surface area contributed by atoms with Crippen LogP contribution in [-0.2, 0) is 14.3 Å². The molecule has 0 aromatic heterocycles. The van der Waals surface area contributed by atoms with Crippen molar-refractivity contribution >= 4 is 35.8 Å². The summed E-state index contributed by atoms with van der Waals surface area (Å²) in [4.78, 5) is 20.9. The van der Waals surface area contributed by atoms with E-state index in [2.05, 4.69) is 20.5 Å². The number of rotatable bonds is 7. The van der Waals surface area contributed by atoms with Crippen molar-refractivity contribution in [2.45, 2.75) is 63.0 Å². The number of guanidine groups is 1. The summed E-state index contributed by atoms with van der Waals surface area (Å²) in [5.41, 5.74) is 0.150. The van der Waals surface area contributed by atoms with Crippen molar-refractivity contribution in [3.8, 4) is 0 Å². The SMILES string of the molecule is CN(C)C(=O)CN=C(NCC1CCCCO1)NCC1(N2CCOCC2)CCCCC1.I. The van der Waals surface area contributed by atoms with Gasteiger partial charge in [-0.15, -0.1) is 24.0 Å². The highest BCUT2D eigenvalue weighted by molar-refractivity contribution is 14.0. The number of ether oxygens (including phenoxy) is 2. The van der Waals surface area contributed by atoms with E-state index in [0.29, 0.717) is 0 Å². The number of amides is 1. The van der Waals surface area contributed by atoms with E-state index in [1.165, 1.54) is 38.5 Å². The number of aliphatic imine (C=N–C) groups is 1. The molecule has 3 rings (SSSR count). The van der Waals surface area contributed by atoms with Crippen LogP contribution in [0, 0.1) is 0 Å². The van der Waals surface area contributed by atoms with E-state index in [9.17, 15) is 4.79 Å². The lowest BCUT2D eigenvalue weighted by molar-refractivity contribution is -0.127. The number of nitrogens with one attached hydrogen (secondary N) is 2. The summed E-state index contributed by atoms with van der Waals surface area (Å²) in [5, 5.41) is 7.04.